The zero-order valence-electron chi connectivity index (χ0n) is 17.6. The van der Waals surface area contributed by atoms with Crippen LogP contribution in [0.15, 0.2) is 48.5 Å². The highest BCUT2D eigenvalue weighted by Crippen LogP contribution is 2.24. The summed E-state index contributed by atoms with van der Waals surface area (Å²) in [6, 6.07) is 15.0. The highest BCUT2D eigenvalue weighted by molar-refractivity contribution is 5.98. The van der Waals surface area contributed by atoms with Gasteiger partial charge in [-0.15, -0.1) is 0 Å². The van der Waals surface area contributed by atoms with Crippen LogP contribution >= 0.6 is 0 Å². The van der Waals surface area contributed by atoms with Crippen LogP contribution in [0.3, 0.4) is 0 Å². The second-order valence-electron chi connectivity index (χ2n) is 7.98. The Kier molecular flexibility index (Phi) is 6.50. The predicted octanol–water partition coefficient (Wildman–Crippen LogP) is 2.46. The maximum absolute atomic E-state index is 12.4. The van der Waals surface area contributed by atoms with Crippen LogP contribution in [-0.4, -0.2) is 43.9 Å². The molecule has 0 saturated carbocycles. The first-order valence-corrected chi connectivity index (χ1v) is 10.9. The number of benzene rings is 2. The molecule has 0 radical (unpaired) electrons. The van der Waals surface area contributed by atoms with Crippen LogP contribution < -0.4 is 20.4 Å². The van der Waals surface area contributed by atoms with Gasteiger partial charge in [-0.05, 0) is 55.2 Å². The lowest BCUT2D eigenvalue weighted by molar-refractivity contribution is -0.120. The topological polar surface area (TPSA) is 81.8 Å². The summed E-state index contributed by atoms with van der Waals surface area (Å²) in [5, 5.41) is 5.56. The molecule has 2 aromatic carbocycles. The van der Waals surface area contributed by atoms with Crippen molar-refractivity contribution in [2.75, 3.05) is 36.0 Å². The summed E-state index contributed by atoms with van der Waals surface area (Å²) in [4.78, 5) is 40.5. The van der Waals surface area contributed by atoms with Gasteiger partial charge < -0.3 is 20.4 Å². The van der Waals surface area contributed by atoms with E-state index in [1.165, 1.54) is 18.5 Å². The smallest absolute Gasteiger partial charge is 0.251 e. The molecule has 0 spiro atoms. The molecule has 2 heterocycles. The fraction of sp³-hybridized carbons (Fsp3) is 0.375. The Balaban J connectivity index is 1.26. The van der Waals surface area contributed by atoms with Gasteiger partial charge >= 0.3 is 0 Å². The van der Waals surface area contributed by atoms with Crippen LogP contribution in [0.1, 0.15) is 41.6 Å². The van der Waals surface area contributed by atoms with E-state index < -0.39 is 0 Å². The van der Waals surface area contributed by atoms with Crippen LogP contribution in [0, 0.1) is 0 Å². The van der Waals surface area contributed by atoms with Crippen molar-refractivity contribution in [1.82, 2.24) is 10.6 Å². The van der Waals surface area contributed by atoms with E-state index in [-0.39, 0.29) is 24.3 Å². The predicted molar refractivity (Wildman–Crippen MR) is 120 cm³/mol. The average Bonchev–Trinajstić information content (AvgIpc) is 3.48. The number of nitrogens with zero attached hydrogens (tertiary/aromatic N) is 2. The van der Waals surface area contributed by atoms with Crippen molar-refractivity contribution < 1.29 is 14.4 Å². The second kappa shape index (κ2) is 9.64. The van der Waals surface area contributed by atoms with Gasteiger partial charge in [0.15, 0.2) is 0 Å². The Morgan fingerprint density at radius 1 is 0.871 bits per heavy atom. The third-order valence-corrected chi connectivity index (χ3v) is 5.84. The minimum absolute atomic E-state index is 0.0862. The largest absolute Gasteiger partial charge is 0.371 e. The molecule has 0 bridgehead atoms. The molecule has 7 nitrogen and oxygen atoms in total. The lowest BCUT2D eigenvalue weighted by atomic mass is 10.1. The zero-order valence-corrected chi connectivity index (χ0v) is 17.6. The van der Waals surface area contributed by atoms with Gasteiger partial charge in [0.1, 0.15) is 0 Å². The van der Waals surface area contributed by atoms with Crippen molar-refractivity contribution >= 4 is 29.1 Å². The molecule has 162 valence electrons. The lowest BCUT2D eigenvalue weighted by Gasteiger charge is -2.21. The van der Waals surface area contributed by atoms with Crippen LogP contribution in [0.25, 0.3) is 0 Å². The molecule has 3 amide bonds. The highest BCUT2D eigenvalue weighted by Gasteiger charge is 2.21. The number of para-hydroxylation sites is 1. The number of rotatable bonds is 7. The number of hydrogen-bond acceptors (Lipinski definition) is 4. The van der Waals surface area contributed by atoms with Crippen molar-refractivity contribution in [2.45, 2.75) is 32.2 Å². The molecule has 4 rings (SSSR count). The number of hydrogen-bond donors (Lipinski definition) is 2. The van der Waals surface area contributed by atoms with Crippen molar-refractivity contribution in [3.05, 3.63) is 59.7 Å². The number of carbonyl (C=O) groups is 3. The summed E-state index contributed by atoms with van der Waals surface area (Å²) in [6.07, 6.45) is 3.82. The van der Waals surface area contributed by atoms with Gasteiger partial charge in [0.2, 0.25) is 11.8 Å². The molecule has 0 aromatic heterocycles. The third kappa shape index (κ3) is 5.05. The normalized spacial score (nSPS) is 15.9. The van der Waals surface area contributed by atoms with Gasteiger partial charge in [-0.1, -0.05) is 18.2 Å². The van der Waals surface area contributed by atoms with Crippen molar-refractivity contribution in [3.8, 4) is 0 Å². The number of amides is 3. The third-order valence-electron chi connectivity index (χ3n) is 5.84. The van der Waals surface area contributed by atoms with Crippen LogP contribution in [0.5, 0.6) is 0 Å². The Hall–Kier alpha value is -3.35. The second-order valence-corrected chi connectivity index (χ2v) is 7.98. The van der Waals surface area contributed by atoms with Crippen molar-refractivity contribution in [2.24, 2.45) is 0 Å². The number of nitrogens with one attached hydrogen (secondary N) is 2. The summed E-state index contributed by atoms with van der Waals surface area (Å²) in [5.74, 6) is -0.434. The van der Waals surface area contributed by atoms with E-state index in [0.29, 0.717) is 25.1 Å². The van der Waals surface area contributed by atoms with Gasteiger partial charge in [-0.3, -0.25) is 14.4 Å². The first kappa shape index (κ1) is 20.9. The maximum atomic E-state index is 12.4. The van der Waals surface area contributed by atoms with E-state index >= 15 is 0 Å². The average molecular weight is 421 g/mol. The molecule has 2 aliphatic heterocycles. The molecule has 2 fully saturated rings. The molecule has 31 heavy (non-hydrogen) atoms. The van der Waals surface area contributed by atoms with Crippen LogP contribution in [0.4, 0.5) is 11.4 Å². The van der Waals surface area contributed by atoms with Gasteiger partial charge in [-0.25, -0.2) is 0 Å². The molecular weight excluding hydrogens is 392 g/mol. The zero-order chi connectivity index (χ0) is 21.6. The Morgan fingerprint density at radius 3 is 2.32 bits per heavy atom. The monoisotopic (exact) mass is 420 g/mol. The number of anilines is 2. The van der Waals surface area contributed by atoms with Gasteiger partial charge in [0, 0.05) is 49.5 Å². The summed E-state index contributed by atoms with van der Waals surface area (Å²) < 4.78 is 0. The molecular formula is C24H28N4O3. The van der Waals surface area contributed by atoms with Crippen LogP contribution in [-0.2, 0) is 16.1 Å². The highest BCUT2D eigenvalue weighted by atomic mass is 16.2. The van der Waals surface area contributed by atoms with E-state index in [2.05, 4.69) is 21.6 Å². The summed E-state index contributed by atoms with van der Waals surface area (Å²) in [7, 11) is 0. The molecule has 2 aromatic rings. The number of carbonyl (C=O) groups excluding carboxylic acids is 3. The Labute approximate surface area is 182 Å². The van der Waals surface area contributed by atoms with Gasteiger partial charge in [-0.2, -0.15) is 0 Å². The van der Waals surface area contributed by atoms with Gasteiger partial charge in [0.05, 0.1) is 6.54 Å². The van der Waals surface area contributed by atoms with E-state index in [0.717, 1.165) is 30.8 Å². The first-order valence-electron chi connectivity index (χ1n) is 10.9. The molecule has 0 atom stereocenters. The van der Waals surface area contributed by atoms with Crippen LogP contribution in [0.2, 0.25) is 0 Å². The summed E-state index contributed by atoms with van der Waals surface area (Å²) in [6.45, 7) is 3.15. The molecule has 0 aliphatic carbocycles. The van der Waals surface area contributed by atoms with E-state index in [4.69, 9.17) is 0 Å². The SMILES string of the molecule is O=C(CNC(=O)c1ccc(N2CCCC2=O)cc1)NCc1ccccc1N1CCCC1. The van der Waals surface area contributed by atoms with E-state index in [9.17, 15) is 14.4 Å². The fourth-order valence-corrected chi connectivity index (χ4v) is 4.16. The lowest BCUT2D eigenvalue weighted by Crippen LogP contribution is -2.36. The van der Waals surface area contributed by atoms with E-state index in [1.54, 1.807) is 29.2 Å². The Morgan fingerprint density at radius 2 is 1.61 bits per heavy atom. The quantitative estimate of drug-likeness (QED) is 0.721. The maximum Gasteiger partial charge on any atom is 0.251 e. The molecule has 0 unspecified atom stereocenters. The van der Waals surface area contributed by atoms with Crippen molar-refractivity contribution in [1.29, 1.82) is 0 Å². The first-order chi connectivity index (χ1) is 15.1. The van der Waals surface area contributed by atoms with E-state index in [1.807, 2.05) is 18.2 Å². The fourth-order valence-electron chi connectivity index (χ4n) is 4.16. The molecule has 2 N–H and O–H groups in total. The molecule has 7 heteroatoms. The molecule has 2 saturated heterocycles. The van der Waals surface area contributed by atoms with Crippen molar-refractivity contribution in [3.63, 3.8) is 0 Å². The standard InChI is InChI=1S/C24H28N4O3/c29-22(25-16-19-6-1-2-7-21(19)27-13-3-4-14-27)17-26-24(31)18-9-11-20(12-10-18)28-15-5-8-23(28)30/h1-2,6-7,9-12H,3-5,8,13-17H2,(H,25,29)(H,26,31). The summed E-state index contributed by atoms with van der Waals surface area (Å²) in [5.41, 5.74) is 3.51. The van der Waals surface area contributed by atoms with Gasteiger partial charge in [0.25, 0.3) is 5.91 Å². The summed E-state index contributed by atoms with van der Waals surface area (Å²) >= 11 is 0. The Bertz CT molecular complexity index is 952. The minimum atomic E-state index is -0.313. The molecule has 2 aliphatic rings. The minimum Gasteiger partial charge on any atom is -0.371 e.